The van der Waals surface area contributed by atoms with Crippen molar-refractivity contribution in [2.75, 3.05) is 5.73 Å². The fraction of sp³-hybridized carbons (Fsp3) is 0.333. The van der Waals surface area contributed by atoms with Crippen LogP contribution in [0.3, 0.4) is 0 Å². The molecule has 0 bridgehead atoms. The van der Waals surface area contributed by atoms with Crippen LogP contribution in [0.4, 0.5) is 19.0 Å². The molecular formula is C21H19F3N6O. The normalized spacial score (nSPS) is 14.6. The van der Waals surface area contributed by atoms with Crippen LogP contribution in [0.25, 0.3) is 33.5 Å². The molecule has 0 aromatic carbocycles. The minimum absolute atomic E-state index is 0.0421. The summed E-state index contributed by atoms with van der Waals surface area (Å²) < 4.78 is 46.5. The molecule has 1 saturated carbocycles. The van der Waals surface area contributed by atoms with E-state index < -0.39 is 11.7 Å². The summed E-state index contributed by atoms with van der Waals surface area (Å²) in [5.74, 6) is 1.06. The Hall–Kier alpha value is -3.43. The van der Waals surface area contributed by atoms with Crippen molar-refractivity contribution in [1.29, 1.82) is 0 Å². The van der Waals surface area contributed by atoms with Gasteiger partial charge in [0, 0.05) is 24.4 Å². The molecular weight excluding hydrogens is 409 g/mol. The SMILES string of the molecule is CC(C)n1nc(-c2noc(C3CC3)c2-c2ccc(C(F)(F)F)cn2)c2c(N)nccc21. The Balaban J connectivity index is 1.74. The highest BCUT2D eigenvalue weighted by Crippen LogP contribution is 2.48. The van der Waals surface area contributed by atoms with E-state index >= 15 is 0 Å². The number of hydrogen-bond acceptors (Lipinski definition) is 6. The van der Waals surface area contributed by atoms with Gasteiger partial charge in [0.2, 0.25) is 0 Å². The Morgan fingerprint density at radius 3 is 2.52 bits per heavy atom. The third kappa shape index (κ3) is 3.22. The predicted octanol–water partition coefficient (Wildman–Crippen LogP) is 5.21. The number of alkyl halides is 3. The van der Waals surface area contributed by atoms with E-state index in [1.807, 2.05) is 24.6 Å². The number of anilines is 1. The minimum atomic E-state index is -4.46. The number of fused-ring (bicyclic) bond motifs is 1. The monoisotopic (exact) mass is 428 g/mol. The quantitative estimate of drug-likeness (QED) is 0.480. The van der Waals surface area contributed by atoms with Gasteiger partial charge in [-0.1, -0.05) is 5.16 Å². The van der Waals surface area contributed by atoms with Crippen molar-refractivity contribution in [1.82, 2.24) is 24.9 Å². The van der Waals surface area contributed by atoms with E-state index in [-0.39, 0.29) is 12.0 Å². The molecule has 0 atom stereocenters. The van der Waals surface area contributed by atoms with Gasteiger partial charge in [-0.05, 0) is 44.9 Å². The summed E-state index contributed by atoms with van der Waals surface area (Å²) in [5.41, 5.74) is 7.93. The van der Waals surface area contributed by atoms with Gasteiger partial charge in [-0.15, -0.1) is 0 Å². The van der Waals surface area contributed by atoms with Crippen LogP contribution in [0.5, 0.6) is 0 Å². The van der Waals surface area contributed by atoms with Crippen molar-refractivity contribution < 1.29 is 17.7 Å². The molecule has 0 saturated heterocycles. The molecule has 0 amide bonds. The topological polar surface area (TPSA) is 95.7 Å². The molecule has 4 aromatic rings. The van der Waals surface area contributed by atoms with Gasteiger partial charge in [0.25, 0.3) is 0 Å². The standard InChI is InChI=1S/C21H19F3N6O/c1-10(2)30-14-7-8-26-20(25)16(14)17(28-30)18-15(19(31-29-18)11-3-4-11)13-6-5-12(9-27-13)21(22,23)24/h5-11H,3-4H2,1-2H3,(H2,25,26). The summed E-state index contributed by atoms with van der Waals surface area (Å²) in [5, 5.41) is 9.61. The van der Waals surface area contributed by atoms with Crippen LogP contribution >= 0.6 is 0 Å². The summed E-state index contributed by atoms with van der Waals surface area (Å²) in [6, 6.07) is 4.21. The van der Waals surface area contributed by atoms with Crippen LogP contribution in [0.2, 0.25) is 0 Å². The van der Waals surface area contributed by atoms with Crippen LogP contribution in [0.1, 0.15) is 50.0 Å². The second-order valence-corrected chi connectivity index (χ2v) is 7.95. The molecule has 160 valence electrons. The van der Waals surface area contributed by atoms with Crippen molar-refractivity contribution >= 4 is 16.7 Å². The van der Waals surface area contributed by atoms with E-state index in [9.17, 15) is 13.2 Å². The van der Waals surface area contributed by atoms with Crippen LogP contribution in [-0.2, 0) is 6.18 Å². The third-order valence-electron chi connectivity index (χ3n) is 5.38. The lowest BCUT2D eigenvalue weighted by molar-refractivity contribution is -0.137. The largest absolute Gasteiger partial charge is 0.417 e. The Bertz CT molecular complexity index is 1270. The summed E-state index contributed by atoms with van der Waals surface area (Å²) in [6.07, 6.45) is -0.183. The number of nitrogens with two attached hydrogens (primary N) is 1. The molecule has 4 heterocycles. The molecule has 10 heteroatoms. The first-order valence-electron chi connectivity index (χ1n) is 9.92. The Kier molecular flexibility index (Phi) is 4.28. The first-order chi connectivity index (χ1) is 14.8. The summed E-state index contributed by atoms with van der Waals surface area (Å²) in [4.78, 5) is 8.27. The molecule has 0 radical (unpaired) electrons. The summed E-state index contributed by atoms with van der Waals surface area (Å²) >= 11 is 0. The first kappa shape index (κ1) is 19.5. The predicted molar refractivity (Wildman–Crippen MR) is 108 cm³/mol. The maximum atomic E-state index is 13.0. The molecule has 0 spiro atoms. The fourth-order valence-electron chi connectivity index (χ4n) is 3.72. The van der Waals surface area contributed by atoms with E-state index in [0.29, 0.717) is 39.6 Å². The van der Waals surface area contributed by atoms with Gasteiger partial charge in [-0.2, -0.15) is 18.3 Å². The summed E-state index contributed by atoms with van der Waals surface area (Å²) in [7, 11) is 0. The van der Waals surface area contributed by atoms with Crippen molar-refractivity contribution in [3.63, 3.8) is 0 Å². The highest BCUT2D eigenvalue weighted by Gasteiger charge is 2.36. The second-order valence-electron chi connectivity index (χ2n) is 7.95. The molecule has 1 aliphatic rings. The lowest BCUT2D eigenvalue weighted by atomic mass is 10.0. The molecule has 1 fully saturated rings. The zero-order valence-corrected chi connectivity index (χ0v) is 16.8. The molecule has 1 aliphatic carbocycles. The zero-order valence-electron chi connectivity index (χ0n) is 16.8. The van der Waals surface area contributed by atoms with Crippen LogP contribution in [0, 0.1) is 0 Å². The van der Waals surface area contributed by atoms with Crippen LogP contribution in [0.15, 0.2) is 35.1 Å². The number of halogens is 3. The van der Waals surface area contributed by atoms with Crippen molar-refractivity contribution in [2.45, 2.75) is 44.8 Å². The molecule has 7 nitrogen and oxygen atoms in total. The van der Waals surface area contributed by atoms with Crippen LogP contribution < -0.4 is 5.73 Å². The molecule has 4 aromatic heterocycles. The molecule has 31 heavy (non-hydrogen) atoms. The molecule has 2 N–H and O–H groups in total. The Morgan fingerprint density at radius 1 is 1.13 bits per heavy atom. The smallest absolute Gasteiger partial charge is 0.383 e. The highest BCUT2D eigenvalue weighted by molar-refractivity contribution is 6.02. The highest BCUT2D eigenvalue weighted by atomic mass is 19.4. The Labute approximate surface area is 175 Å². The third-order valence-corrected chi connectivity index (χ3v) is 5.38. The van der Waals surface area contributed by atoms with Crippen LogP contribution in [-0.4, -0.2) is 24.9 Å². The van der Waals surface area contributed by atoms with Gasteiger partial charge < -0.3 is 10.3 Å². The Morgan fingerprint density at radius 2 is 1.90 bits per heavy atom. The van der Waals surface area contributed by atoms with Gasteiger partial charge in [-0.3, -0.25) is 9.67 Å². The summed E-state index contributed by atoms with van der Waals surface area (Å²) in [6.45, 7) is 3.98. The number of nitrogens with zero attached hydrogens (tertiary/aromatic N) is 5. The lowest BCUT2D eigenvalue weighted by Crippen LogP contribution is -2.05. The maximum Gasteiger partial charge on any atom is 0.417 e. The van der Waals surface area contributed by atoms with E-state index in [0.717, 1.165) is 30.6 Å². The first-order valence-corrected chi connectivity index (χ1v) is 9.92. The van der Waals surface area contributed by atoms with Crippen molar-refractivity contribution in [3.8, 4) is 22.6 Å². The number of rotatable bonds is 4. The van der Waals surface area contributed by atoms with Gasteiger partial charge >= 0.3 is 6.18 Å². The number of pyridine rings is 2. The van der Waals surface area contributed by atoms with Gasteiger partial charge in [0.15, 0.2) is 0 Å². The van der Waals surface area contributed by atoms with Gasteiger partial charge in [0.05, 0.1) is 27.7 Å². The van der Waals surface area contributed by atoms with E-state index in [4.69, 9.17) is 15.4 Å². The number of hydrogen-bond donors (Lipinski definition) is 1. The molecule has 0 unspecified atom stereocenters. The van der Waals surface area contributed by atoms with Gasteiger partial charge in [-0.25, -0.2) is 4.98 Å². The fourth-order valence-corrected chi connectivity index (χ4v) is 3.72. The van der Waals surface area contributed by atoms with E-state index in [1.165, 1.54) is 6.07 Å². The molecule has 5 rings (SSSR count). The maximum absolute atomic E-state index is 13.0. The zero-order chi connectivity index (χ0) is 21.9. The average molecular weight is 428 g/mol. The van der Waals surface area contributed by atoms with Crippen molar-refractivity contribution in [3.05, 3.63) is 41.9 Å². The van der Waals surface area contributed by atoms with E-state index in [1.54, 1.807) is 6.20 Å². The van der Waals surface area contributed by atoms with Crippen molar-refractivity contribution in [2.24, 2.45) is 0 Å². The molecule has 0 aliphatic heterocycles. The van der Waals surface area contributed by atoms with Gasteiger partial charge in [0.1, 0.15) is 23.0 Å². The number of aromatic nitrogens is 5. The minimum Gasteiger partial charge on any atom is -0.383 e. The number of nitrogen functional groups attached to an aromatic ring is 1. The second kappa shape index (κ2) is 6.79. The lowest BCUT2D eigenvalue weighted by Gasteiger charge is -2.07. The average Bonchev–Trinajstić information content (AvgIpc) is 3.34. The van der Waals surface area contributed by atoms with E-state index in [2.05, 4.69) is 15.1 Å².